The molecule has 1 aliphatic rings. The molecule has 6 N–H and O–H groups in total. The largest absolute Gasteiger partial charge is 0.416 e. The molecular weight excluding hydrogens is 528 g/mol. The first-order valence-corrected chi connectivity index (χ1v) is 20.3. The molecule has 1 aliphatic heterocycles. The second-order valence-corrected chi connectivity index (χ2v) is 20.5. The second-order valence-electron chi connectivity index (χ2n) is 9.75. The monoisotopic (exact) mass is 576 g/mol. The van der Waals surface area contributed by atoms with Crippen molar-refractivity contribution in [3.63, 3.8) is 0 Å². The Hall–Kier alpha value is 0.171. The lowest BCUT2D eigenvalue weighted by Crippen LogP contribution is -2.67. The van der Waals surface area contributed by atoms with Crippen molar-refractivity contribution in [2.24, 2.45) is 0 Å². The highest BCUT2D eigenvalue weighted by atomic mass is 28.5. The minimum absolute atomic E-state index is 0.0779. The van der Waals surface area contributed by atoms with E-state index in [1.165, 1.54) is 0 Å². The van der Waals surface area contributed by atoms with Crippen molar-refractivity contribution in [2.75, 3.05) is 59.5 Å². The summed E-state index contributed by atoms with van der Waals surface area (Å²) in [4.78, 5) is 0. The van der Waals surface area contributed by atoms with Crippen LogP contribution >= 0.6 is 0 Å². The Kier molecular flexibility index (Phi) is 16.8. The van der Waals surface area contributed by atoms with Crippen LogP contribution in [0.3, 0.4) is 0 Å². The van der Waals surface area contributed by atoms with Crippen molar-refractivity contribution >= 4 is 25.7 Å². The Morgan fingerprint density at radius 2 is 0.778 bits per heavy atom. The van der Waals surface area contributed by atoms with Crippen molar-refractivity contribution in [1.82, 2.24) is 0 Å². The lowest BCUT2D eigenvalue weighted by molar-refractivity contribution is 0.00556. The third-order valence-electron chi connectivity index (χ3n) is 5.62. The fourth-order valence-electron chi connectivity index (χ4n) is 4.04. The molecule has 1 saturated heterocycles. The average Bonchev–Trinajstić information content (AvgIpc) is 2.81. The van der Waals surface area contributed by atoms with E-state index in [0.29, 0.717) is 57.2 Å². The van der Waals surface area contributed by atoms with Crippen LogP contribution in [0.4, 0.5) is 0 Å². The summed E-state index contributed by atoms with van der Waals surface area (Å²) in [5.74, 6) is 0. The van der Waals surface area contributed by atoms with Gasteiger partial charge in [0.05, 0.1) is 39.6 Å². The van der Waals surface area contributed by atoms with E-state index in [4.69, 9.17) is 41.9 Å². The van der Waals surface area contributed by atoms with Gasteiger partial charge in [0, 0.05) is 19.8 Å². The fourth-order valence-corrected chi connectivity index (χ4v) is 21.4. The highest BCUT2D eigenvalue weighted by Crippen LogP contribution is 2.38. The topological polar surface area (TPSA) is 177 Å². The molecule has 0 radical (unpaired) electrons. The molecule has 216 valence electrons. The van der Waals surface area contributed by atoms with Crippen LogP contribution in [0.2, 0.25) is 37.8 Å². The summed E-state index contributed by atoms with van der Waals surface area (Å²) >= 11 is 0. The summed E-state index contributed by atoms with van der Waals surface area (Å²) in [7, 11) is -7.80. The zero-order valence-corrected chi connectivity index (χ0v) is 25.0. The minimum Gasteiger partial charge on any atom is -0.416 e. The van der Waals surface area contributed by atoms with Gasteiger partial charge in [0.25, 0.3) is 0 Å². The van der Waals surface area contributed by atoms with Gasteiger partial charge in [0.15, 0.2) is 0 Å². The molecule has 0 aliphatic carbocycles. The van der Waals surface area contributed by atoms with Crippen molar-refractivity contribution in [2.45, 2.75) is 75.3 Å². The van der Waals surface area contributed by atoms with Gasteiger partial charge >= 0.3 is 25.7 Å². The predicted molar refractivity (Wildman–Crippen MR) is 138 cm³/mol. The molecule has 0 aromatic heterocycles. The third-order valence-corrected chi connectivity index (χ3v) is 19.8. The molecule has 1 fully saturated rings. The van der Waals surface area contributed by atoms with E-state index in [1.807, 2.05) is 0 Å². The van der Waals surface area contributed by atoms with E-state index < -0.39 is 44.0 Å². The zero-order valence-electron chi connectivity index (χ0n) is 22.0. The lowest BCUT2D eigenvalue weighted by atomic mass is 10.4. The molecule has 36 heavy (non-hydrogen) atoms. The van der Waals surface area contributed by atoms with Gasteiger partial charge in [-0.25, -0.2) is 0 Å². The Morgan fingerprint density at radius 3 is 1.00 bits per heavy atom. The number of hydrogen-bond acceptors (Lipinski definition) is 12. The number of aliphatic hydroxyl groups is 6. The van der Waals surface area contributed by atoms with Gasteiger partial charge in [-0.2, -0.15) is 0 Å². The van der Waals surface area contributed by atoms with Crippen LogP contribution in [0, 0.1) is 0 Å². The van der Waals surface area contributed by atoms with E-state index in [9.17, 15) is 15.3 Å². The molecule has 0 amide bonds. The van der Waals surface area contributed by atoms with Crippen molar-refractivity contribution < 1.29 is 57.2 Å². The molecule has 0 saturated carbocycles. The molecule has 0 aromatic carbocycles. The second kappa shape index (κ2) is 17.7. The van der Waals surface area contributed by atoms with Gasteiger partial charge in [-0.3, -0.25) is 0 Å². The van der Waals surface area contributed by atoms with Gasteiger partial charge in [0.2, 0.25) is 0 Å². The van der Waals surface area contributed by atoms with Crippen LogP contribution in [-0.2, 0) is 26.6 Å². The third kappa shape index (κ3) is 14.4. The normalized spacial score (nSPS) is 29.2. The van der Waals surface area contributed by atoms with Gasteiger partial charge in [-0.1, -0.05) is 0 Å². The maximum absolute atomic E-state index is 9.43. The summed E-state index contributed by atoms with van der Waals surface area (Å²) < 4.78 is 36.2. The Morgan fingerprint density at radius 1 is 0.528 bits per heavy atom. The number of rotatable bonds is 21. The van der Waals surface area contributed by atoms with E-state index in [-0.39, 0.29) is 39.6 Å². The highest BCUT2D eigenvalue weighted by molar-refractivity contribution is 6.93. The molecule has 0 aromatic rings. The molecular formula is C21H48O12Si3. The van der Waals surface area contributed by atoms with Crippen LogP contribution < -0.4 is 0 Å². The molecule has 12 nitrogen and oxygen atoms in total. The van der Waals surface area contributed by atoms with E-state index in [1.54, 1.807) is 0 Å². The van der Waals surface area contributed by atoms with Gasteiger partial charge < -0.3 is 57.2 Å². The number of hydrogen-bond donors (Lipinski definition) is 6. The van der Waals surface area contributed by atoms with Gasteiger partial charge in [-0.15, -0.1) is 0 Å². The average molecular weight is 577 g/mol. The summed E-state index contributed by atoms with van der Waals surface area (Å²) in [5.41, 5.74) is 0. The van der Waals surface area contributed by atoms with E-state index >= 15 is 0 Å². The smallest absolute Gasteiger partial charge is 0.317 e. The van der Waals surface area contributed by atoms with Crippen LogP contribution in [0.25, 0.3) is 0 Å². The van der Waals surface area contributed by atoms with Crippen molar-refractivity contribution in [1.29, 1.82) is 0 Å². The number of ether oxygens (including phenoxy) is 3. The maximum Gasteiger partial charge on any atom is 0.317 e. The molecule has 3 unspecified atom stereocenters. The molecule has 0 bridgehead atoms. The Balaban J connectivity index is 2.69. The van der Waals surface area contributed by atoms with Crippen molar-refractivity contribution in [3.8, 4) is 0 Å². The van der Waals surface area contributed by atoms with Crippen LogP contribution in [0.15, 0.2) is 0 Å². The quantitative estimate of drug-likeness (QED) is 0.0767. The van der Waals surface area contributed by atoms with Gasteiger partial charge in [-0.05, 0) is 57.0 Å². The molecule has 0 spiro atoms. The molecule has 15 heteroatoms. The first kappa shape index (κ1) is 34.2. The van der Waals surface area contributed by atoms with Crippen LogP contribution in [-0.4, -0.2) is 134 Å². The summed E-state index contributed by atoms with van der Waals surface area (Å²) in [6.07, 6.45) is -0.579. The van der Waals surface area contributed by atoms with E-state index in [2.05, 4.69) is 19.6 Å². The van der Waals surface area contributed by atoms with Crippen molar-refractivity contribution in [3.05, 3.63) is 0 Å². The first-order chi connectivity index (χ1) is 17.0. The van der Waals surface area contributed by atoms with Gasteiger partial charge in [0.1, 0.15) is 18.3 Å². The molecule has 1 rings (SSSR count). The SMILES string of the molecule is C[Si]1(CCCOCC(O)CO)O[Si](C)(CCCOCC(O)CO)O[Si](C)(CCCOCC(O)CO)O1. The highest BCUT2D eigenvalue weighted by Gasteiger charge is 2.55. The summed E-state index contributed by atoms with van der Waals surface area (Å²) in [6, 6.07) is 2.11. The first-order valence-electron chi connectivity index (χ1n) is 12.7. The van der Waals surface area contributed by atoms with Crippen LogP contribution in [0.5, 0.6) is 0 Å². The Bertz CT molecular complexity index is 494. The Labute approximate surface area is 217 Å². The fraction of sp³-hybridized carbons (Fsp3) is 1.00. The van der Waals surface area contributed by atoms with Crippen LogP contribution in [0.1, 0.15) is 19.3 Å². The predicted octanol–water partition coefficient (Wildman–Crippen LogP) is -0.454. The molecule has 1 heterocycles. The maximum atomic E-state index is 9.43. The standard InChI is InChI=1S/C21H48O12Si3/c1-34(10-4-7-28-16-19(25)13-22)31-35(2,11-5-8-29-17-20(26)14-23)33-36(3,32-34)12-6-9-30-18-21(27)15-24/h19-27H,4-18H2,1-3H3. The minimum atomic E-state index is -2.60. The summed E-state index contributed by atoms with van der Waals surface area (Å²) in [6.45, 7) is 6.64. The zero-order chi connectivity index (χ0) is 27.1. The molecule has 3 atom stereocenters. The summed E-state index contributed by atoms with van der Waals surface area (Å²) in [5, 5.41) is 55.0. The lowest BCUT2D eigenvalue weighted by Gasteiger charge is -2.50. The van der Waals surface area contributed by atoms with E-state index in [0.717, 1.165) is 0 Å². The number of aliphatic hydroxyl groups excluding tert-OH is 6.